The van der Waals surface area contributed by atoms with Crippen LogP contribution >= 0.6 is 7.82 Å². The Balaban J connectivity index is 4.13. The van der Waals surface area contributed by atoms with Gasteiger partial charge in [0.05, 0.1) is 19.8 Å². The largest absolute Gasteiger partial charge is 0.480 e. The summed E-state index contributed by atoms with van der Waals surface area (Å²) < 4.78 is 33.1. The monoisotopic (exact) mass is 708 g/mol. The van der Waals surface area contributed by atoms with Crippen molar-refractivity contribution in [2.75, 3.05) is 26.4 Å². The van der Waals surface area contributed by atoms with E-state index in [0.29, 0.717) is 6.61 Å². The van der Waals surface area contributed by atoms with Crippen LogP contribution in [0.5, 0.6) is 0 Å². The van der Waals surface area contributed by atoms with Gasteiger partial charge in [0.2, 0.25) is 0 Å². The van der Waals surface area contributed by atoms with Gasteiger partial charge in [0.1, 0.15) is 12.1 Å². The SMILES string of the molecule is CCCCCCCCCCCCCCCCCCCCOC[C@H](COP(=O)(O)OC[C@H](N)C(=O)O)OC(=O)CCCCCCCCCC. The van der Waals surface area contributed by atoms with Crippen molar-refractivity contribution >= 4 is 19.8 Å². The molecule has 0 aliphatic heterocycles. The van der Waals surface area contributed by atoms with E-state index in [1.165, 1.54) is 122 Å². The Morgan fingerprint density at radius 2 is 0.958 bits per heavy atom. The highest BCUT2D eigenvalue weighted by molar-refractivity contribution is 7.47. The van der Waals surface area contributed by atoms with Gasteiger partial charge in [-0.3, -0.25) is 18.6 Å². The number of hydrogen-bond acceptors (Lipinski definition) is 8. The number of carbonyl (C=O) groups is 2. The van der Waals surface area contributed by atoms with Crippen molar-refractivity contribution in [1.29, 1.82) is 0 Å². The number of ether oxygens (including phenoxy) is 2. The van der Waals surface area contributed by atoms with Gasteiger partial charge in [-0.1, -0.05) is 168 Å². The van der Waals surface area contributed by atoms with Gasteiger partial charge in [0, 0.05) is 13.0 Å². The average molecular weight is 708 g/mol. The normalized spacial score (nSPS) is 14.1. The number of carboxylic acids is 1. The van der Waals surface area contributed by atoms with Crippen molar-refractivity contribution in [3.63, 3.8) is 0 Å². The molecule has 4 N–H and O–H groups in total. The molecule has 0 aromatic heterocycles. The summed E-state index contributed by atoms with van der Waals surface area (Å²) in [4.78, 5) is 33.3. The Labute approximate surface area is 293 Å². The number of rotatable bonds is 38. The molecule has 0 aromatic rings. The Morgan fingerprint density at radius 3 is 1.38 bits per heavy atom. The summed E-state index contributed by atoms with van der Waals surface area (Å²) in [5.41, 5.74) is 5.33. The van der Waals surface area contributed by atoms with Crippen LogP contribution < -0.4 is 5.73 Å². The number of nitrogens with two attached hydrogens (primary N) is 1. The molecule has 0 saturated heterocycles. The summed E-state index contributed by atoms with van der Waals surface area (Å²) in [5.74, 6) is -1.77. The Kier molecular flexibility index (Phi) is 33.7. The van der Waals surface area contributed by atoms with E-state index < -0.39 is 45.1 Å². The summed E-state index contributed by atoms with van der Waals surface area (Å²) in [7, 11) is -4.60. The van der Waals surface area contributed by atoms with Gasteiger partial charge in [-0.25, -0.2) is 4.57 Å². The van der Waals surface area contributed by atoms with E-state index in [1.807, 2.05) is 0 Å². The second kappa shape index (κ2) is 34.4. The number of carbonyl (C=O) groups excluding carboxylic acids is 1. The molecule has 11 heteroatoms. The van der Waals surface area contributed by atoms with E-state index in [0.717, 1.165) is 44.9 Å². The lowest BCUT2D eigenvalue weighted by Gasteiger charge is -2.20. The maximum atomic E-state index is 12.5. The van der Waals surface area contributed by atoms with E-state index in [4.69, 9.17) is 24.8 Å². The smallest absolute Gasteiger partial charge is 0.472 e. The number of unbranched alkanes of at least 4 members (excludes halogenated alkanes) is 24. The fourth-order valence-electron chi connectivity index (χ4n) is 5.55. The number of phosphoric ester groups is 1. The lowest BCUT2D eigenvalue weighted by Crippen LogP contribution is -2.34. The van der Waals surface area contributed by atoms with E-state index in [-0.39, 0.29) is 13.0 Å². The van der Waals surface area contributed by atoms with Crippen LogP contribution in [-0.4, -0.2) is 60.5 Å². The molecule has 0 saturated carbocycles. The third kappa shape index (κ3) is 33.5. The molecule has 0 heterocycles. The highest BCUT2D eigenvalue weighted by atomic mass is 31.2. The first-order valence-electron chi connectivity index (χ1n) is 19.6. The van der Waals surface area contributed by atoms with Crippen LogP contribution in [0.2, 0.25) is 0 Å². The Bertz CT molecular complexity index is 786. The summed E-state index contributed by atoms with van der Waals surface area (Å²) in [5, 5.41) is 8.85. The van der Waals surface area contributed by atoms with Gasteiger partial charge in [0.25, 0.3) is 0 Å². The number of esters is 1. The van der Waals surface area contributed by atoms with Crippen LogP contribution in [0.3, 0.4) is 0 Å². The summed E-state index contributed by atoms with van der Waals surface area (Å²) in [6.45, 7) is 3.87. The van der Waals surface area contributed by atoms with Gasteiger partial charge >= 0.3 is 19.8 Å². The maximum Gasteiger partial charge on any atom is 0.472 e. The zero-order chi connectivity index (χ0) is 35.6. The molecule has 0 bridgehead atoms. The molecule has 0 aliphatic rings. The summed E-state index contributed by atoms with van der Waals surface area (Å²) >= 11 is 0. The average Bonchev–Trinajstić information content (AvgIpc) is 3.06. The molecular formula is C37H74NO9P. The minimum atomic E-state index is -4.60. The predicted molar refractivity (Wildman–Crippen MR) is 194 cm³/mol. The first kappa shape index (κ1) is 47.0. The number of phosphoric acid groups is 1. The van der Waals surface area contributed by atoms with Gasteiger partial charge in [0.15, 0.2) is 0 Å². The molecule has 0 fully saturated rings. The Morgan fingerprint density at radius 1 is 0.583 bits per heavy atom. The van der Waals surface area contributed by atoms with E-state index >= 15 is 0 Å². The molecule has 0 amide bonds. The van der Waals surface area contributed by atoms with Crippen LogP contribution in [0, 0.1) is 0 Å². The number of hydrogen-bond donors (Lipinski definition) is 3. The van der Waals surface area contributed by atoms with Crippen molar-refractivity contribution in [3.05, 3.63) is 0 Å². The molecule has 0 spiro atoms. The molecule has 1 unspecified atom stereocenters. The second-order valence-corrected chi connectivity index (χ2v) is 14.9. The van der Waals surface area contributed by atoms with Gasteiger partial charge in [-0.15, -0.1) is 0 Å². The first-order valence-corrected chi connectivity index (χ1v) is 21.1. The highest BCUT2D eigenvalue weighted by Gasteiger charge is 2.27. The molecule has 0 rings (SSSR count). The van der Waals surface area contributed by atoms with Gasteiger partial charge in [-0.2, -0.15) is 0 Å². The third-order valence-corrected chi connectivity index (χ3v) is 9.59. The lowest BCUT2D eigenvalue weighted by atomic mass is 10.0. The van der Waals surface area contributed by atoms with Crippen molar-refractivity contribution in [3.8, 4) is 0 Å². The topological polar surface area (TPSA) is 155 Å². The van der Waals surface area contributed by atoms with E-state index in [2.05, 4.69) is 18.4 Å². The minimum Gasteiger partial charge on any atom is -0.480 e. The fourth-order valence-corrected chi connectivity index (χ4v) is 6.32. The van der Waals surface area contributed by atoms with Crippen molar-refractivity contribution in [1.82, 2.24) is 0 Å². The van der Waals surface area contributed by atoms with Crippen LogP contribution in [0.1, 0.15) is 187 Å². The van der Waals surface area contributed by atoms with Crippen molar-refractivity contribution in [2.24, 2.45) is 5.73 Å². The fraction of sp³-hybridized carbons (Fsp3) is 0.946. The molecular weight excluding hydrogens is 633 g/mol. The lowest BCUT2D eigenvalue weighted by molar-refractivity contribution is -0.154. The zero-order valence-electron chi connectivity index (χ0n) is 30.9. The molecule has 0 aliphatic carbocycles. The van der Waals surface area contributed by atoms with Gasteiger partial charge < -0.3 is 25.2 Å². The number of carboxylic acid groups (broad SMARTS) is 1. The molecule has 0 aromatic carbocycles. The maximum absolute atomic E-state index is 12.5. The molecule has 3 atom stereocenters. The second-order valence-electron chi connectivity index (χ2n) is 13.4. The van der Waals surface area contributed by atoms with Crippen LogP contribution in [0.25, 0.3) is 0 Å². The molecule has 286 valence electrons. The summed E-state index contributed by atoms with van der Waals surface area (Å²) in [6, 6.07) is -1.47. The van der Waals surface area contributed by atoms with Crippen molar-refractivity contribution < 1.29 is 42.7 Å². The Hall–Kier alpha value is -1.03. The standard InChI is InChI=1S/C37H74NO9P/c1-3-5-7-9-11-13-14-15-16-17-18-19-20-21-22-24-26-28-30-44-31-34(32-45-48(42,43)46-33-35(38)37(40)41)47-36(39)29-27-25-23-12-10-8-6-4-2/h34-35H,3-33,38H2,1-2H3,(H,40,41)(H,42,43)/t34-,35+/m1/s1. The quantitative estimate of drug-likeness (QED) is 0.0321. The van der Waals surface area contributed by atoms with E-state index in [9.17, 15) is 19.0 Å². The van der Waals surface area contributed by atoms with E-state index in [1.54, 1.807) is 0 Å². The van der Waals surface area contributed by atoms with Crippen LogP contribution in [-0.2, 0) is 32.7 Å². The first-order chi connectivity index (χ1) is 23.2. The highest BCUT2D eigenvalue weighted by Crippen LogP contribution is 2.43. The number of aliphatic carboxylic acids is 1. The zero-order valence-corrected chi connectivity index (χ0v) is 31.7. The van der Waals surface area contributed by atoms with Crippen molar-refractivity contribution in [2.45, 2.75) is 199 Å². The molecule has 0 radical (unpaired) electrons. The minimum absolute atomic E-state index is 0.0246. The van der Waals surface area contributed by atoms with Crippen LogP contribution in [0.4, 0.5) is 0 Å². The van der Waals surface area contributed by atoms with Gasteiger partial charge in [-0.05, 0) is 12.8 Å². The van der Waals surface area contributed by atoms with Crippen LogP contribution in [0.15, 0.2) is 0 Å². The molecule has 48 heavy (non-hydrogen) atoms. The summed E-state index contributed by atoms with van der Waals surface area (Å²) in [6.07, 6.45) is 31.7. The third-order valence-electron chi connectivity index (χ3n) is 8.64. The molecule has 10 nitrogen and oxygen atoms in total. The predicted octanol–water partition coefficient (Wildman–Crippen LogP) is 10.0.